The number of benzene rings is 1. The summed E-state index contributed by atoms with van der Waals surface area (Å²) in [7, 11) is 1.45. The summed E-state index contributed by atoms with van der Waals surface area (Å²) in [4.78, 5) is 32.6. The molecule has 3 heterocycles. The predicted molar refractivity (Wildman–Crippen MR) is 146 cm³/mol. The lowest BCUT2D eigenvalue weighted by molar-refractivity contribution is -0.127. The molecular weight excluding hydrogens is 487 g/mol. The highest BCUT2D eigenvalue weighted by molar-refractivity contribution is 5.78. The molecule has 3 aliphatic rings. The Morgan fingerprint density at radius 2 is 1.71 bits per heavy atom. The number of hydrogen-bond donors (Lipinski definition) is 2. The smallest absolute Gasteiger partial charge is 0.233 e. The van der Waals surface area contributed by atoms with Crippen LogP contribution in [-0.2, 0) is 4.79 Å². The van der Waals surface area contributed by atoms with Crippen LogP contribution in [0.1, 0.15) is 51.4 Å². The Kier molecular flexibility index (Phi) is 8.72. The van der Waals surface area contributed by atoms with Crippen LogP contribution in [0.4, 0.5) is 27.9 Å². The second kappa shape index (κ2) is 12.6. The summed E-state index contributed by atoms with van der Waals surface area (Å²) < 4.78 is 19.3. The summed E-state index contributed by atoms with van der Waals surface area (Å²) in [6, 6.07) is 5.04. The molecule has 2 N–H and O–H groups in total. The van der Waals surface area contributed by atoms with Gasteiger partial charge in [-0.25, -0.2) is 4.39 Å². The van der Waals surface area contributed by atoms with Crippen LogP contribution in [0.3, 0.4) is 0 Å². The fourth-order valence-corrected chi connectivity index (χ4v) is 5.48. The molecule has 5 rings (SSSR count). The van der Waals surface area contributed by atoms with Crippen LogP contribution in [0, 0.1) is 5.82 Å². The average Bonchev–Trinajstić information content (AvgIpc) is 3.16. The first-order valence-electron chi connectivity index (χ1n) is 14.0. The molecule has 3 fully saturated rings. The summed E-state index contributed by atoms with van der Waals surface area (Å²) in [6.45, 7) is 5.91. The van der Waals surface area contributed by atoms with E-state index in [2.05, 4.69) is 25.4 Å². The average molecular weight is 527 g/mol. The van der Waals surface area contributed by atoms with E-state index in [1.54, 1.807) is 12.1 Å². The second-order valence-electron chi connectivity index (χ2n) is 10.4. The van der Waals surface area contributed by atoms with Crippen molar-refractivity contribution in [3.63, 3.8) is 0 Å². The lowest BCUT2D eigenvalue weighted by atomic mass is 10.1. The number of hydrogen-bond acceptors (Lipinski definition) is 9. The summed E-state index contributed by atoms with van der Waals surface area (Å²) in [6.07, 6.45) is 8.82. The van der Waals surface area contributed by atoms with Gasteiger partial charge in [0.2, 0.25) is 23.8 Å². The highest BCUT2D eigenvalue weighted by atomic mass is 19.1. The van der Waals surface area contributed by atoms with E-state index in [1.807, 2.05) is 4.90 Å². The minimum absolute atomic E-state index is 0.189. The van der Waals surface area contributed by atoms with Crippen LogP contribution in [-0.4, -0.2) is 89.6 Å². The number of methoxy groups -OCH3 is 1. The Morgan fingerprint density at radius 3 is 2.39 bits per heavy atom. The van der Waals surface area contributed by atoms with E-state index in [4.69, 9.17) is 14.7 Å². The zero-order valence-electron chi connectivity index (χ0n) is 22.3. The number of amides is 1. The first-order valence-corrected chi connectivity index (χ1v) is 14.0. The van der Waals surface area contributed by atoms with Gasteiger partial charge in [0.25, 0.3) is 0 Å². The first kappa shape index (κ1) is 26.4. The quantitative estimate of drug-likeness (QED) is 0.475. The molecular formula is C27H39FN8O2. The Balaban J connectivity index is 1.28. The lowest BCUT2D eigenvalue weighted by Gasteiger charge is -2.35. The number of anilines is 4. The monoisotopic (exact) mass is 526 g/mol. The van der Waals surface area contributed by atoms with Crippen molar-refractivity contribution in [1.82, 2.24) is 24.8 Å². The molecule has 10 nitrogen and oxygen atoms in total. The van der Waals surface area contributed by atoms with Gasteiger partial charge in [-0.1, -0.05) is 25.7 Å². The zero-order chi connectivity index (χ0) is 26.3. The predicted octanol–water partition coefficient (Wildman–Crippen LogP) is 3.64. The molecule has 1 aromatic heterocycles. The number of carbonyl (C=O) groups excluding carboxylic acids is 1. The van der Waals surface area contributed by atoms with Crippen LogP contribution < -0.4 is 20.3 Å². The topological polar surface area (TPSA) is 98.7 Å². The molecule has 0 bridgehead atoms. The molecule has 206 valence electrons. The third kappa shape index (κ3) is 6.80. The van der Waals surface area contributed by atoms with Crippen molar-refractivity contribution in [2.75, 3.05) is 68.5 Å². The van der Waals surface area contributed by atoms with Gasteiger partial charge in [-0.05, 0) is 31.4 Å². The second-order valence-corrected chi connectivity index (χ2v) is 10.4. The number of likely N-dealkylation sites (tertiary alicyclic amines) is 1. The van der Waals surface area contributed by atoms with Gasteiger partial charge in [0, 0.05) is 70.0 Å². The number of carbonyl (C=O) groups is 1. The van der Waals surface area contributed by atoms with Gasteiger partial charge in [0.15, 0.2) is 11.6 Å². The molecule has 0 atom stereocenters. The van der Waals surface area contributed by atoms with Crippen molar-refractivity contribution < 1.29 is 13.9 Å². The van der Waals surface area contributed by atoms with Crippen LogP contribution >= 0.6 is 0 Å². The molecule has 2 saturated heterocycles. The summed E-state index contributed by atoms with van der Waals surface area (Å²) in [5, 5.41) is 6.71. The number of aromatic nitrogens is 3. The van der Waals surface area contributed by atoms with Crippen LogP contribution in [0.5, 0.6) is 5.75 Å². The Hall–Kier alpha value is -3.21. The number of rotatable bonds is 9. The van der Waals surface area contributed by atoms with E-state index in [0.29, 0.717) is 36.0 Å². The molecule has 0 spiro atoms. The highest BCUT2D eigenvalue weighted by Gasteiger charge is 2.24. The van der Waals surface area contributed by atoms with Gasteiger partial charge in [-0.15, -0.1) is 0 Å². The van der Waals surface area contributed by atoms with Crippen molar-refractivity contribution >= 4 is 29.4 Å². The van der Waals surface area contributed by atoms with Crippen molar-refractivity contribution in [1.29, 1.82) is 0 Å². The van der Waals surface area contributed by atoms with Gasteiger partial charge in [0.1, 0.15) is 0 Å². The van der Waals surface area contributed by atoms with E-state index in [0.717, 1.165) is 65.1 Å². The molecule has 2 aromatic rings. The summed E-state index contributed by atoms with van der Waals surface area (Å²) >= 11 is 0. The van der Waals surface area contributed by atoms with E-state index >= 15 is 0 Å². The van der Waals surface area contributed by atoms with Gasteiger partial charge in [0.05, 0.1) is 7.11 Å². The zero-order valence-corrected chi connectivity index (χ0v) is 22.3. The molecule has 38 heavy (non-hydrogen) atoms. The first-order chi connectivity index (χ1) is 18.6. The normalized spacial score (nSPS) is 19.5. The number of halogens is 1. The maximum atomic E-state index is 14.3. The molecule has 1 amide bonds. The van der Waals surface area contributed by atoms with Gasteiger partial charge >= 0.3 is 0 Å². The number of nitrogens with zero attached hydrogens (tertiary/aromatic N) is 6. The van der Waals surface area contributed by atoms with Crippen molar-refractivity contribution in [3.05, 3.63) is 24.0 Å². The maximum absolute atomic E-state index is 14.3. The minimum Gasteiger partial charge on any atom is -0.494 e. The fraction of sp³-hybridized carbons (Fsp3) is 0.630. The SMILES string of the molecule is COc1ccc(Nc2nc(NC3CCCCCC3)nc(N3CCN(CCN4CCCC4=O)CC3)n2)cc1F. The van der Waals surface area contributed by atoms with E-state index < -0.39 is 5.82 Å². The number of piperazine rings is 1. The molecule has 1 aliphatic carbocycles. The van der Waals surface area contributed by atoms with Crippen molar-refractivity contribution in [2.45, 2.75) is 57.4 Å². The largest absolute Gasteiger partial charge is 0.494 e. The molecule has 0 radical (unpaired) electrons. The van der Waals surface area contributed by atoms with Gasteiger partial charge in [-0.2, -0.15) is 15.0 Å². The van der Waals surface area contributed by atoms with Gasteiger partial charge in [-0.3, -0.25) is 9.69 Å². The lowest BCUT2D eigenvalue weighted by Crippen LogP contribution is -2.49. The summed E-state index contributed by atoms with van der Waals surface area (Å²) in [5.41, 5.74) is 0.544. The Bertz CT molecular complexity index is 1090. The Labute approximate surface area is 224 Å². The van der Waals surface area contributed by atoms with Crippen LogP contribution in [0.25, 0.3) is 0 Å². The third-order valence-corrected chi connectivity index (χ3v) is 7.73. The minimum atomic E-state index is -0.449. The summed E-state index contributed by atoms with van der Waals surface area (Å²) in [5.74, 6) is 1.56. The van der Waals surface area contributed by atoms with E-state index in [9.17, 15) is 9.18 Å². The Morgan fingerprint density at radius 1 is 0.947 bits per heavy atom. The van der Waals surface area contributed by atoms with E-state index in [1.165, 1.54) is 38.9 Å². The fourth-order valence-electron chi connectivity index (χ4n) is 5.48. The standard InChI is InChI=1S/C27H39FN8O2/c1-38-23-11-10-21(19-22(23)28)30-26-31-25(29-20-7-4-2-3-5-8-20)32-27(33-26)36-17-14-34(15-18-36)13-16-35-12-6-9-24(35)37/h10-11,19-20H,2-9,12-18H2,1H3,(H2,29,30,31,32,33). The molecule has 1 aromatic carbocycles. The molecule has 11 heteroatoms. The molecule has 2 aliphatic heterocycles. The molecule has 1 saturated carbocycles. The van der Waals surface area contributed by atoms with Crippen LogP contribution in [0.15, 0.2) is 18.2 Å². The molecule has 0 unspecified atom stereocenters. The van der Waals surface area contributed by atoms with Crippen molar-refractivity contribution in [2.24, 2.45) is 0 Å². The maximum Gasteiger partial charge on any atom is 0.233 e. The number of ether oxygens (including phenoxy) is 1. The third-order valence-electron chi connectivity index (χ3n) is 7.73. The van der Waals surface area contributed by atoms with Crippen molar-refractivity contribution in [3.8, 4) is 5.75 Å². The number of nitrogens with one attached hydrogen (secondary N) is 2. The van der Waals surface area contributed by atoms with Crippen LogP contribution in [0.2, 0.25) is 0 Å². The highest BCUT2D eigenvalue weighted by Crippen LogP contribution is 2.25. The van der Waals surface area contributed by atoms with Gasteiger partial charge < -0.3 is 25.2 Å². The van der Waals surface area contributed by atoms with E-state index in [-0.39, 0.29) is 11.7 Å².